The summed E-state index contributed by atoms with van der Waals surface area (Å²) in [4.78, 5) is 23.1. The Morgan fingerprint density at radius 3 is 2.68 bits per heavy atom. The third-order valence-corrected chi connectivity index (χ3v) is 5.05. The molecule has 1 aliphatic heterocycles. The van der Waals surface area contributed by atoms with E-state index in [-0.39, 0.29) is 12.5 Å². The molecule has 0 aliphatic carbocycles. The van der Waals surface area contributed by atoms with Crippen molar-refractivity contribution < 1.29 is 9.90 Å². The number of carbonyl (C=O) groups is 1. The molecule has 1 N–H and O–H groups in total. The summed E-state index contributed by atoms with van der Waals surface area (Å²) >= 11 is 0. The van der Waals surface area contributed by atoms with Crippen LogP contribution < -0.4 is 0 Å². The molecule has 1 aromatic rings. The summed E-state index contributed by atoms with van der Waals surface area (Å²) in [7, 11) is 6.20. The van der Waals surface area contributed by atoms with Gasteiger partial charge in [0.2, 0.25) is 5.91 Å². The number of rotatable bonds is 8. The quantitative estimate of drug-likeness (QED) is 0.761. The van der Waals surface area contributed by atoms with Gasteiger partial charge >= 0.3 is 0 Å². The first-order valence-electron chi connectivity index (χ1n) is 9.13. The van der Waals surface area contributed by atoms with Gasteiger partial charge < -0.3 is 14.9 Å². The molecule has 6 heteroatoms. The third-order valence-electron chi connectivity index (χ3n) is 5.05. The molecule has 6 nitrogen and oxygen atoms in total. The van der Waals surface area contributed by atoms with Crippen molar-refractivity contribution in [3.63, 3.8) is 0 Å². The minimum atomic E-state index is 0.197. The van der Waals surface area contributed by atoms with Crippen molar-refractivity contribution in [2.24, 2.45) is 5.92 Å². The lowest BCUT2D eigenvalue weighted by atomic mass is 9.87. The van der Waals surface area contributed by atoms with Crippen LogP contribution in [-0.2, 0) is 11.3 Å². The molecule has 1 saturated heterocycles. The van der Waals surface area contributed by atoms with E-state index >= 15 is 0 Å². The fraction of sp³-hybridized carbons (Fsp3) is 0.684. The zero-order valence-electron chi connectivity index (χ0n) is 15.8. The van der Waals surface area contributed by atoms with Gasteiger partial charge in [-0.25, -0.2) is 0 Å². The van der Waals surface area contributed by atoms with Crippen LogP contribution in [0.2, 0.25) is 0 Å². The van der Waals surface area contributed by atoms with Crippen LogP contribution in [0.3, 0.4) is 0 Å². The number of piperidine rings is 1. The summed E-state index contributed by atoms with van der Waals surface area (Å²) in [5, 5.41) is 9.15. The molecule has 0 spiro atoms. The minimum absolute atomic E-state index is 0.197. The Labute approximate surface area is 151 Å². The van der Waals surface area contributed by atoms with Crippen molar-refractivity contribution in [2.75, 3.05) is 47.4 Å². The normalized spacial score (nSPS) is 21.1. The number of nitrogens with zero attached hydrogens (tertiary/aromatic N) is 4. The smallest absolute Gasteiger partial charge is 0.236 e. The predicted molar refractivity (Wildman–Crippen MR) is 99.1 cm³/mol. The molecule has 1 aromatic heterocycles. The number of hydrogen-bond donors (Lipinski definition) is 1. The number of likely N-dealkylation sites (tertiary alicyclic amines) is 1. The van der Waals surface area contributed by atoms with Crippen molar-refractivity contribution in [1.29, 1.82) is 0 Å². The van der Waals surface area contributed by atoms with Crippen molar-refractivity contribution in [1.82, 2.24) is 19.7 Å². The molecule has 140 valence electrons. The molecule has 2 rings (SSSR count). The first-order valence-corrected chi connectivity index (χ1v) is 9.13. The molecule has 1 aliphatic rings. The molecule has 0 unspecified atom stereocenters. The van der Waals surface area contributed by atoms with Gasteiger partial charge in [0.1, 0.15) is 0 Å². The second-order valence-corrected chi connectivity index (χ2v) is 7.31. The number of likely N-dealkylation sites (N-methyl/N-ethyl adjacent to an activating group) is 1. The maximum absolute atomic E-state index is 12.7. The Morgan fingerprint density at radius 1 is 1.32 bits per heavy atom. The van der Waals surface area contributed by atoms with Crippen LogP contribution in [0.25, 0.3) is 0 Å². The standard InChI is InChI=1S/C19H32N4O2/c1-21(2)18-8-11-23(14-17(18)5-4-12-24)19(25)15-22(3)13-16-6-9-20-10-7-16/h6-7,9-10,17-18,24H,4-5,8,11-15H2,1-3H3/t17-,18+/m1/s1. The van der Waals surface area contributed by atoms with Gasteiger partial charge in [0.05, 0.1) is 6.54 Å². The molecule has 25 heavy (non-hydrogen) atoms. The van der Waals surface area contributed by atoms with Gasteiger partial charge in [0.15, 0.2) is 0 Å². The van der Waals surface area contributed by atoms with Crippen molar-refractivity contribution >= 4 is 5.91 Å². The minimum Gasteiger partial charge on any atom is -0.396 e. The van der Waals surface area contributed by atoms with E-state index in [0.717, 1.165) is 44.5 Å². The molecule has 2 atom stereocenters. The Balaban J connectivity index is 1.88. The summed E-state index contributed by atoms with van der Waals surface area (Å²) in [6.07, 6.45) is 6.34. The van der Waals surface area contributed by atoms with Crippen molar-refractivity contribution in [3.05, 3.63) is 30.1 Å². The van der Waals surface area contributed by atoms with E-state index in [9.17, 15) is 4.79 Å². The first kappa shape index (κ1) is 19.8. The number of hydrogen-bond acceptors (Lipinski definition) is 5. The molecular weight excluding hydrogens is 316 g/mol. The van der Waals surface area contributed by atoms with Crippen LogP contribution in [0.5, 0.6) is 0 Å². The second kappa shape index (κ2) is 9.85. The molecule has 0 aromatic carbocycles. The van der Waals surface area contributed by atoms with Crippen molar-refractivity contribution in [3.8, 4) is 0 Å². The van der Waals surface area contributed by atoms with Gasteiger partial charge in [-0.15, -0.1) is 0 Å². The highest BCUT2D eigenvalue weighted by molar-refractivity contribution is 5.78. The third kappa shape index (κ3) is 6.06. The van der Waals surface area contributed by atoms with Crippen molar-refractivity contribution in [2.45, 2.75) is 31.8 Å². The van der Waals surface area contributed by atoms with Gasteiger partial charge in [-0.05, 0) is 64.0 Å². The highest BCUT2D eigenvalue weighted by atomic mass is 16.3. The van der Waals surface area contributed by atoms with Gasteiger partial charge in [0, 0.05) is 44.7 Å². The van der Waals surface area contributed by atoms with E-state index in [0.29, 0.717) is 18.5 Å². The number of amides is 1. The van der Waals surface area contributed by atoms with E-state index in [1.165, 1.54) is 0 Å². The zero-order valence-corrected chi connectivity index (χ0v) is 15.8. The maximum atomic E-state index is 12.7. The molecule has 1 fully saturated rings. The summed E-state index contributed by atoms with van der Waals surface area (Å²) < 4.78 is 0. The van der Waals surface area contributed by atoms with E-state index in [1.807, 2.05) is 24.1 Å². The lowest BCUT2D eigenvalue weighted by Crippen LogP contribution is -2.52. The van der Waals surface area contributed by atoms with Crippen LogP contribution in [0.1, 0.15) is 24.8 Å². The van der Waals surface area contributed by atoms with Crippen LogP contribution in [0, 0.1) is 5.92 Å². The number of pyridine rings is 1. The second-order valence-electron chi connectivity index (χ2n) is 7.31. The Bertz CT molecular complexity index is 523. The van der Waals surface area contributed by atoms with Gasteiger partial charge in [-0.1, -0.05) is 0 Å². The highest BCUT2D eigenvalue weighted by Gasteiger charge is 2.32. The van der Waals surface area contributed by atoms with E-state index < -0.39 is 0 Å². The lowest BCUT2D eigenvalue weighted by molar-refractivity contribution is -0.135. The van der Waals surface area contributed by atoms with Crippen LogP contribution in [-0.4, -0.2) is 84.1 Å². The van der Waals surface area contributed by atoms with E-state index in [2.05, 4.69) is 28.9 Å². The number of carbonyl (C=O) groups excluding carboxylic acids is 1. The predicted octanol–water partition coefficient (Wildman–Crippen LogP) is 1.06. The highest BCUT2D eigenvalue weighted by Crippen LogP contribution is 2.25. The van der Waals surface area contributed by atoms with Gasteiger partial charge in [-0.3, -0.25) is 14.7 Å². The molecular formula is C19H32N4O2. The number of aliphatic hydroxyl groups excluding tert-OH is 1. The van der Waals surface area contributed by atoms with Gasteiger partial charge in [0.25, 0.3) is 0 Å². The first-order chi connectivity index (χ1) is 12.0. The lowest BCUT2D eigenvalue weighted by Gasteiger charge is -2.42. The Hall–Kier alpha value is -1.50. The maximum Gasteiger partial charge on any atom is 0.236 e. The fourth-order valence-electron chi connectivity index (χ4n) is 3.75. The summed E-state index contributed by atoms with van der Waals surface area (Å²) in [6.45, 7) is 3.02. The number of aromatic nitrogens is 1. The van der Waals surface area contributed by atoms with E-state index in [4.69, 9.17) is 5.11 Å². The SMILES string of the molecule is CN(CC(=O)N1CC[C@H](N(C)C)[C@H](CCCO)C1)Cc1ccncc1. The van der Waals surface area contributed by atoms with Gasteiger partial charge in [-0.2, -0.15) is 0 Å². The van der Waals surface area contributed by atoms with Crippen LogP contribution in [0.4, 0.5) is 0 Å². The average molecular weight is 348 g/mol. The summed E-state index contributed by atoms with van der Waals surface area (Å²) in [5.74, 6) is 0.633. The summed E-state index contributed by atoms with van der Waals surface area (Å²) in [5.41, 5.74) is 1.16. The fourth-order valence-corrected chi connectivity index (χ4v) is 3.75. The molecule has 2 heterocycles. The van der Waals surface area contributed by atoms with Crippen LogP contribution in [0.15, 0.2) is 24.5 Å². The largest absolute Gasteiger partial charge is 0.396 e. The average Bonchev–Trinajstić information content (AvgIpc) is 2.60. The molecule has 0 bridgehead atoms. The topological polar surface area (TPSA) is 59.9 Å². The van der Waals surface area contributed by atoms with E-state index in [1.54, 1.807) is 12.4 Å². The molecule has 1 amide bonds. The van der Waals surface area contributed by atoms with Crippen LogP contribution >= 0.6 is 0 Å². The Morgan fingerprint density at radius 2 is 2.04 bits per heavy atom. The number of aliphatic hydroxyl groups is 1. The molecule has 0 radical (unpaired) electrons. The Kier molecular flexibility index (Phi) is 7.81. The molecule has 0 saturated carbocycles. The zero-order chi connectivity index (χ0) is 18.2. The monoisotopic (exact) mass is 348 g/mol. The summed E-state index contributed by atoms with van der Waals surface area (Å²) in [6, 6.07) is 4.45.